The Hall–Kier alpha value is -1.65. The molecule has 1 fully saturated rings. The number of amides is 1. The van der Waals surface area contributed by atoms with Crippen LogP contribution in [0.5, 0.6) is 0 Å². The van der Waals surface area contributed by atoms with Crippen molar-refractivity contribution in [1.82, 2.24) is 14.5 Å². The largest absolute Gasteiger partial charge is 0.341 e. The first-order valence-electron chi connectivity index (χ1n) is 5.01. The average Bonchev–Trinajstić information content (AvgIpc) is 2.82. The minimum absolute atomic E-state index is 0.0557. The quantitative estimate of drug-likeness (QED) is 0.678. The molecule has 0 aliphatic carbocycles. The second kappa shape index (κ2) is 3.84. The molecule has 0 bridgehead atoms. The lowest BCUT2D eigenvalue weighted by molar-refractivity contribution is -0.127. The zero-order valence-corrected chi connectivity index (χ0v) is 8.59. The maximum Gasteiger partial charge on any atom is 0.224 e. The molecule has 1 saturated heterocycles. The first kappa shape index (κ1) is 9.89. The molecule has 1 aromatic heterocycles. The molecular weight excluding hydrogens is 194 g/mol. The Kier molecular flexibility index (Phi) is 2.53. The van der Waals surface area contributed by atoms with Crippen molar-refractivity contribution in [3.05, 3.63) is 18.2 Å². The molecule has 15 heavy (non-hydrogen) atoms. The Morgan fingerprint density at radius 2 is 2.47 bits per heavy atom. The summed E-state index contributed by atoms with van der Waals surface area (Å²) < 4.78 is 1.78. The van der Waals surface area contributed by atoms with Crippen LogP contribution in [-0.4, -0.2) is 39.7 Å². The number of aldehydes is 1. The van der Waals surface area contributed by atoms with Gasteiger partial charge >= 0.3 is 0 Å². The Bertz CT molecular complexity index is 386. The molecule has 1 amide bonds. The van der Waals surface area contributed by atoms with Gasteiger partial charge in [-0.2, -0.15) is 0 Å². The van der Waals surface area contributed by atoms with Gasteiger partial charge in [-0.05, 0) is 6.92 Å². The number of likely N-dealkylation sites (tertiary alicyclic amines) is 1. The summed E-state index contributed by atoms with van der Waals surface area (Å²) in [5, 5.41) is 0. The normalized spacial score (nSPS) is 21.0. The molecule has 0 aromatic carbocycles. The van der Waals surface area contributed by atoms with Gasteiger partial charge in [0.1, 0.15) is 5.69 Å². The second-order valence-corrected chi connectivity index (χ2v) is 3.63. The summed E-state index contributed by atoms with van der Waals surface area (Å²) >= 11 is 0. The van der Waals surface area contributed by atoms with Crippen molar-refractivity contribution in [3.8, 4) is 0 Å². The predicted octanol–water partition coefficient (Wildman–Crippen LogP) is 0.489. The van der Waals surface area contributed by atoms with Crippen LogP contribution in [0.4, 0.5) is 0 Å². The van der Waals surface area contributed by atoms with E-state index in [-0.39, 0.29) is 11.9 Å². The van der Waals surface area contributed by atoms with Gasteiger partial charge < -0.3 is 9.47 Å². The molecule has 0 radical (unpaired) electrons. The molecule has 0 saturated carbocycles. The van der Waals surface area contributed by atoms with Crippen molar-refractivity contribution in [2.45, 2.75) is 19.4 Å². The Morgan fingerprint density at radius 1 is 1.67 bits per heavy atom. The van der Waals surface area contributed by atoms with Crippen LogP contribution in [0.3, 0.4) is 0 Å². The van der Waals surface area contributed by atoms with Crippen LogP contribution in [-0.2, 0) is 4.79 Å². The van der Waals surface area contributed by atoms with Crippen molar-refractivity contribution in [1.29, 1.82) is 0 Å². The lowest BCUT2D eigenvalue weighted by Crippen LogP contribution is -2.25. The highest BCUT2D eigenvalue weighted by Gasteiger charge is 2.30. The van der Waals surface area contributed by atoms with E-state index in [9.17, 15) is 9.59 Å². The first-order valence-corrected chi connectivity index (χ1v) is 5.01. The maximum absolute atomic E-state index is 11.5. The van der Waals surface area contributed by atoms with Crippen molar-refractivity contribution < 1.29 is 9.59 Å². The minimum Gasteiger partial charge on any atom is -0.341 e. The maximum atomic E-state index is 11.5. The highest BCUT2D eigenvalue weighted by molar-refractivity contribution is 5.79. The van der Waals surface area contributed by atoms with E-state index < -0.39 is 0 Å². The number of nitrogens with zero attached hydrogens (tertiary/aromatic N) is 3. The van der Waals surface area contributed by atoms with E-state index in [4.69, 9.17) is 0 Å². The number of rotatable bonds is 3. The zero-order chi connectivity index (χ0) is 10.8. The van der Waals surface area contributed by atoms with Crippen LogP contribution in [0, 0.1) is 0 Å². The molecule has 2 heterocycles. The molecule has 1 aliphatic heterocycles. The van der Waals surface area contributed by atoms with Gasteiger partial charge in [0.25, 0.3) is 0 Å². The van der Waals surface area contributed by atoms with Gasteiger partial charge in [-0.1, -0.05) is 0 Å². The number of likely N-dealkylation sites (N-methyl/N-ethyl adjacent to an activating group) is 1. The Balaban J connectivity index is 2.20. The van der Waals surface area contributed by atoms with E-state index in [0.29, 0.717) is 18.7 Å². The van der Waals surface area contributed by atoms with E-state index in [0.717, 1.165) is 12.8 Å². The number of hydrogen-bond acceptors (Lipinski definition) is 3. The lowest BCUT2D eigenvalue weighted by Gasteiger charge is -2.14. The summed E-state index contributed by atoms with van der Waals surface area (Å²) in [6.45, 7) is 3.35. The molecule has 1 aliphatic rings. The van der Waals surface area contributed by atoms with E-state index in [2.05, 4.69) is 4.98 Å². The number of hydrogen-bond donors (Lipinski definition) is 0. The van der Waals surface area contributed by atoms with Crippen molar-refractivity contribution in [2.75, 3.05) is 13.1 Å². The lowest BCUT2D eigenvalue weighted by atomic mass is 10.2. The minimum atomic E-state index is 0.0557. The van der Waals surface area contributed by atoms with Crippen LogP contribution in [0.1, 0.15) is 29.9 Å². The van der Waals surface area contributed by atoms with Crippen molar-refractivity contribution in [3.63, 3.8) is 0 Å². The number of imidazole rings is 1. The molecular formula is C10H13N3O2. The van der Waals surface area contributed by atoms with Gasteiger partial charge in [-0.25, -0.2) is 4.98 Å². The fourth-order valence-electron chi connectivity index (χ4n) is 1.95. The number of carbonyl (C=O) groups excluding carboxylic acids is 2. The van der Waals surface area contributed by atoms with Crippen LogP contribution in [0.2, 0.25) is 0 Å². The van der Waals surface area contributed by atoms with Crippen LogP contribution in [0.25, 0.3) is 0 Å². The molecule has 1 aromatic rings. The summed E-state index contributed by atoms with van der Waals surface area (Å²) in [5.41, 5.74) is 0.533. The summed E-state index contributed by atoms with van der Waals surface area (Å²) in [5.74, 6) is 0.146. The third-order valence-corrected chi connectivity index (χ3v) is 2.79. The number of carbonyl (C=O) groups is 2. The summed E-state index contributed by atoms with van der Waals surface area (Å²) in [6.07, 6.45) is 4.37. The number of aromatic nitrogens is 2. The van der Waals surface area contributed by atoms with Gasteiger partial charge in [0.15, 0.2) is 6.29 Å². The average molecular weight is 207 g/mol. The molecule has 2 rings (SSSR count). The summed E-state index contributed by atoms with van der Waals surface area (Å²) in [6, 6.07) is 0.0557. The van der Waals surface area contributed by atoms with Gasteiger partial charge in [-0.3, -0.25) is 9.59 Å². The Labute approximate surface area is 87.7 Å². The summed E-state index contributed by atoms with van der Waals surface area (Å²) in [7, 11) is 0. The van der Waals surface area contributed by atoms with Crippen LogP contribution in [0.15, 0.2) is 12.5 Å². The molecule has 0 N–H and O–H groups in total. The van der Waals surface area contributed by atoms with Crippen molar-refractivity contribution >= 4 is 12.2 Å². The van der Waals surface area contributed by atoms with E-state index in [1.54, 1.807) is 15.8 Å². The molecule has 80 valence electrons. The second-order valence-electron chi connectivity index (χ2n) is 3.63. The fraction of sp³-hybridized carbons (Fsp3) is 0.500. The van der Waals surface area contributed by atoms with Gasteiger partial charge in [0.2, 0.25) is 5.91 Å². The zero-order valence-electron chi connectivity index (χ0n) is 8.59. The highest BCUT2D eigenvalue weighted by atomic mass is 16.2. The van der Waals surface area contributed by atoms with Crippen LogP contribution >= 0.6 is 0 Å². The van der Waals surface area contributed by atoms with E-state index in [1.807, 2.05) is 6.92 Å². The van der Waals surface area contributed by atoms with E-state index >= 15 is 0 Å². The third-order valence-electron chi connectivity index (χ3n) is 2.79. The highest BCUT2D eigenvalue weighted by Crippen LogP contribution is 2.23. The molecule has 5 heteroatoms. The topological polar surface area (TPSA) is 55.2 Å². The van der Waals surface area contributed by atoms with Crippen LogP contribution < -0.4 is 0 Å². The monoisotopic (exact) mass is 207 g/mol. The fourth-order valence-corrected chi connectivity index (χ4v) is 1.95. The third kappa shape index (κ3) is 1.65. The standard InChI is InChI=1S/C10H13N3O2/c1-2-12-5-8(3-10(12)15)13-7-11-4-9(13)6-14/h4,6-8H,2-3,5H2,1H3. The molecule has 5 nitrogen and oxygen atoms in total. The predicted molar refractivity (Wildman–Crippen MR) is 53.5 cm³/mol. The van der Waals surface area contributed by atoms with E-state index in [1.165, 1.54) is 6.20 Å². The summed E-state index contributed by atoms with van der Waals surface area (Å²) in [4.78, 5) is 27.9. The SMILES string of the molecule is CCN1CC(n2cncc2C=O)CC1=O. The Morgan fingerprint density at radius 3 is 3.07 bits per heavy atom. The van der Waals surface area contributed by atoms with Crippen molar-refractivity contribution in [2.24, 2.45) is 0 Å². The molecule has 0 spiro atoms. The smallest absolute Gasteiger partial charge is 0.224 e. The van der Waals surface area contributed by atoms with Gasteiger partial charge in [0, 0.05) is 19.5 Å². The van der Waals surface area contributed by atoms with Gasteiger partial charge in [0.05, 0.1) is 18.6 Å². The molecule has 1 atom stereocenters. The van der Waals surface area contributed by atoms with Gasteiger partial charge in [-0.15, -0.1) is 0 Å². The first-order chi connectivity index (χ1) is 7.26. The molecule has 1 unspecified atom stereocenters.